The van der Waals surface area contributed by atoms with Gasteiger partial charge in [-0.25, -0.2) is 4.39 Å². The SMILES string of the molecule is CCN(Cc1cc(F)cc(C#CCN)c1)C(C)C. The van der Waals surface area contributed by atoms with E-state index < -0.39 is 0 Å². The van der Waals surface area contributed by atoms with Crippen LogP contribution in [0.5, 0.6) is 0 Å². The third kappa shape index (κ3) is 4.48. The van der Waals surface area contributed by atoms with Gasteiger partial charge in [-0.15, -0.1) is 0 Å². The van der Waals surface area contributed by atoms with Crippen molar-refractivity contribution in [3.63, 3.8) is 0 Å². The average molecular weight is 248 g/mol. The number of halogens is 1. The first-order valence-electron chi connectivity index (χ1n) is 6.29. The number of hydrogen-bond donors (Lipinski definition) is 1. The first kappa shape index (κ1) is 14.7. The van der Waals surface area contributed by atoms with Crippen LogP contribution in [0.2, 0.25) is 0 Å². The lowest BCUT2D eigenvalue weighted by atomic mass is 10.1. The van der Waals surface area contributed by atoms with Gasteiger partial charge in [-0.3, -0.25) is 4.90 Å². The van der Waals surface area contributed by atoms with Crippen LogP contribution in [0.3, 0.4) is 0 Å². The molecule has 1 aromatic carbocycles. The molecule has 0 spiro atoms. The minimum atomic E-state index is -0.242. The van der Waals surface area contributed by atoms with Crippen LogP contribution in [0.25, 0.3) is 0 Å². The summed E-state index contributed by atoms with van der Waals surface area (Å²) in [4.78, 5) is 2.27. The minimum absolute atomic E-state index is 0.242. The predicted molar refractivity (Wildman–Crippen MR) is 73.6 cm³/mol. The standard InChI is InChI=1S/C15H21FN2/c1-4-18(12(2)3)11-14-8-13(6-5-7-17)9-15(16)10-14/h8-10,12H,4,7,11,17H2,1-3H3. The van der Waals surface area contributed by atoms with Crippen LogP contribution in [0, 0.1) is 17.7 Å². The molecule has 0 aliphatic rings. The van der Waals surface area contributed by atoms with Gasteiger partial charge in [-0.2, -0.15) is 0 Å². The maximum absolute atomic E-state index is 13.5. The first-order valence-corrected chi connectivity index (χ1v) is 6.29. The molecule has 0 aliphatic carbocycles. The highest BCUT2D eigenvalue weighted by Crippen LogP contribution is 2.12. The van der Waals surface area contributed by atoms with Crippen molar-refractivity contribution in [1.29, 1.82) is 0 Å². The summed E-state index contributed by atoms with van der Waals surface area (Å²) >= 11 is 0. The quantitative estimate of drug-likeness (QED) is 0.829. The van der Waals surface area contributed by atoms with Crippen molar-refractivity contribution < 1.29 is 4.39 Å². The van der Waals surface area contributed by atoms with E-state index in [-0.39, 0.29) is 5.82 Å². The molecule has 0 fully saturated rings. The van der Waals surface area contributed by atoms with Crippen LogP contribution < -0.4 is 5.73 Å². The van der Waals surface area contributed by atoms with Crippen LogP contribution in [-0.2, 0) is 6.54 Å². The van der Waals surface area contributed by atoms with E-state index in [9.17, 15) is 4.39 Å². The number of hydrogen-bond acceptors (Lipinski definition) is 2. The van der Waals surface area contributed by atoms with Gasteiger partial charge >= 0.3 is 0 Å². The second-order valence-corrected chi connectivity index (χ2v) is 4.51. The smallest absolute Gasteiger partial charge is 0.124 e. The van der Waals surface area contributed by atoms with Gasteiger partial charge < -0.3 is 5.73 Å². The first-order chi connectivity index (χ1) is 8.56. The van der Waals surface area contributed by atoms with Crippen molar-refractivity contribution in [3.05, 3.63) is 35.1 Å². The van der Waals surface area contributed by atoms with E-state index in [1.165, 1.54) is 6.07 Å². The summed E-state index contributed by atoms with van der Waals surface area (Å²) in [6, 6.07) is 5.38. The Balaban J connectivity index is 2.92. The summed E-state index contributed by atoms with van der Waals surface area (Å²) in [6.45, 7) is 8.35. The Morgan fingerprint density at radius 2 is 2.06 bits per heavy atom. The van der Waals surface area contributed by atoms with Gasteiger partial charge in [0.25, 0.3) is 0 Å². The Morgan fingerprint density at radius 3 is 2.61 bits per heavy atom. The maximum Gasteiger partial charge on any atom is 0.124 e. The fourth-order valence-corrected chi connectivity index (χ4v) is 1.86. The van der Waals surface area contributed by atoms with Crippen LogP contribution in [0.1, 0.15) is 31.9 Å². The normalized spacial score (nSPS) is 10.6. The molecule has 0 aliphatic heterocycles. The molecule has 0 aromatic heterocycles. The molecule has 0 unspecified atom stereocenters. The van der Waals surface area contributed by atoms with Crippen LogP contribution in [-0.4, -0.2) is 24.0 Å². The molecular weight excluding hydrogens is 227 g/mol. The molecule has 0 radical (unpaired) electrons. The van der Waals surface area contributed by atoms with Gasteiger partial charge in [0.05, 0.1) is 6.54 Å². The number of rotatable bonds is 4. The third-order valence-corrected chi connectivity index (χ3v) is 2.81. The lowest BCUT2D eigenvalue weighted by Gasteiger charge is -2.24. The van der Waals surface area contributed by atoms with E-state index in [4.69, 9.17) is 5.73 Å². The van der Waals surface area contributed by atoms with E-state index in [1.807, 2.05) is 6.07 Å². The summed E-state index contributed by atoms with van der Waals surface area (Å²) in [7, 11) is 0. The Labute approximate surface area is 109 Å². The molecule has 18 heavy (non-hydrogen) atoms. The van der Waals surface area contributed by atoms with Crippen LogP contribution >= 0.6 is 0 Å². The van der Waals surface area contributed by atoms with E-state index >= 15 is 0 Å². The Hall–Kier alpha value is -1.37. The van der Waals surface area contributed by atoms with Crippen molar-refractivity contribution in [2.24, 2.45) is 5.73 Å². The molecule has 0 heterocycles. The second kappa shape index (κ2) is 7.15. The maximum atomic E-state index is 13.5. The molecule has 98 valence electrons. The lowest BCUT2D eigenvalue weighted by Crippen LogP contribution is -2.30. The lowest BCUT2D eigenvalue weighted by molar-refractivity contribution is 0.224. The summed E-state index contributed by atoms with van der Waals surface area (Å²) in [5, 5.41) is 0. The van der Waals surface area contributed by atoms with E-state index in [0.29, 0.717) is 18.2 Å². The highest BCUT2D eigenvalue weighted by Gasteiger charge is 2.08. The molecular formula is C15H21FN2. The van der Waals surface area contributed by atoms with Gasteiger partial charge in [-0.1, -0.05) is 18.8 Å². The third-order valence-electron chi connectivity index (χ3n) is 2.81. The summed E-state index contributed by atoms with van der Waals surface area (Å²) in [5.41, 5.74) is 6.96. The molecule has 2 N–H and O–H groups in total. The van der Waals surface area contributed by atoms with Gasteiger partial charge in [0, 0.05) is 18.2 Å². The van der Waals surface area contributed by atoms with Gasteiger partial charge in [0.1, 0.15) is 5.82 Å². The fourth-order valence-electron chi connectivity index (χ4n) is 1.86. The van der Waals surface area contributed by atoms with Crippen molar-refractivity contribution in [1.82, 2.24) is 4.90 Å². The van der Waals surface area contributed by atoms with Crippen molar-refractivity contribution >= 4 is 0 Å². The molecule has 0 atom stereocenters. The van der Waals surface area contributed by atoms with E-state index in [2.05, 4.69) is 37.5 Å². The highest BCUT2D eigenvalue weighted by atomic mass is 19.1. The Morgan fingerprint density at radius 1 is 1.33 bits per heavy atom. The molecule has 1 aromatic rings. The molecule has 0 amide bonds. The number of nitrogens with two attached hydrogens (primary N) is 1. The molecule has 1 rings (SSSR count). The van der Waals surface area contributed by atoms with Gasteiger partial charge in [0.15, 0.2) is 0 Å². The summed E-state index contributed by atoms with van der Waals surface area (Å²) in [6.07, 6.45) is 0. The topological polar surface area (TPSA) is 29.3 Å². The Bertz CT molecular complexity index is 444. The Kier molecular flexibility index (Phi) is 5.84. The van der Waals surface area contributed by atoms with Crippen molar-refractivity contribution in [3.8, 4) is 11.8 Å². The fraction of sp³-hybridized carbons (Fsp3) is 0.467. The molecule has 0 saturated heterocycles. The zero-order valence-corrected chi connectivity index (χ0v) is 11.3. The monoisotopic (exact) mass is 248 g/mol. The van der Waals surface area contributed by atoms with E-state index in [1.54, 1.807) is 6.07 Å². The molecule has 0 saturated carbocycles. The zero-order valence-electron chi connectivity index (χ0n) is 11.3. The largest absolute Gasteiger partial charge is 0.320 e. The summed E-state index contributed by atoms with van der Waals surface area (Å²) in [5.74, 6) is 5.38. The van der Waals surface area contributed by atoms with Crippen molar-refractivity contribution in [2.45, 2.75) is 33.4 Å². The zero-order chi connectivity index (χ0) is 13.5. The number of nitrogens with zero attached hydrogens (tertiary/aromatic N) is 1. The van der Waals surface area contributed by atoms with Gasteiger partial charge in [-0.05, 0) is 44.2 Å². The predicted octanol–water partition coefficient (Wildman–Crippen LogP) is 2.37. The van der Waals surface area contributed by atoms with Gasteiger partial charge in [0.2, 0.25) is 0 Å². The molecule has 0 bridgehead atoms. The number of benzene rings is 1. The molecule has 3 heteroatoms. The van der Waals surface area contributed by atoms with Crippen molar-refractivity contribution in [2.75, 3.05) is 13.1 Å². The van der Waals surface area contributed by atoms with Crippen LogP contribution in [0.15, 0.2) is 18.2 Å². The highest BCUT2D eigenvalue weighted by molar-refractivity contribution is 5.38. The average Bonchev–Trinajstić information content (AvgIpc) is 2.32. The minimum Gasteiger partial charge on any atom is -0.320 e. The second-order valence-electron chi connectivity index (χ2n) is 4.51. The molecule has 2 nitrogen and oxygen atoms in total. The van der Waals surface area contributed by atoms with E-state index in [0.717, 1.165) is 18.7 Å². The van der Waals surface area contributed by atoms with Crippen LogP contribution in [0.4, 0.5) is 4.39 Å². The summed E-state index contributed by atoms with van der Waals surface area (Å²) < 4.78 is 13.5.